The molecular weight excluding hydrogens is 260 g/mol. The first-order chi connectivity index (χ1) is 9.94. The quantitative estimate of drug-likeness (QED) is 0.850. The van der Waals surface area contributed by atoms with Crippen LogP contribution in [-0.4, -0.2) is 16.0 Å². The van der Waals surface area contributed by atoms with Crippen molar-refractivity contribution < 1.29 is 0 Å². The molecule has 0 amide bonds. The second-order valence-electron chi connectivity index (χ2n) is 5.92. The number of hydrogen-bond acceptors (Lipinski definition) is 4. The summed E-state index contributed by atoms with van der Waals surface area (Å²) < 4.78 is 0. The molecule has 4 heteroatoms. The Labute approximate surface area is 127 Å². The lowest BCUT2D eigenvalue weighted by Crippen LogP contribution is -2.13. The van der Waals surface area contributed by atoms with Gasteiger partial charge in [0, 0.05) is 23.5 Å². The number of rotatable bonds is 5. The van der Waals surface area contributed by atoms with E-state index in [1.807, 2.05) is 13.0 Å². The standard InChI is InChI=1S/C17H24N4/c1-11(2)14-6-8-15(9-7-14)20-16-10-13(5)19-17(21-16)18-12(3)4/h6-12H,1-5H3,(H2,18,19,20,21). The van der Waals surface area contributed by atoms with Crippen LogP contribution in [0.3, 0.4) is 0 Å². The number of aryl methyl sites for hydroxylation is 1. The molecular formula is C17H24N4. The Kier molecular flexibility index (Phi) is 4.78. The zero-order valence-electron chi connectivity index (χ0n) is 13.4. The van der Waals surface area contributed by atoms with E-state index in [1.165, 1.54) is 5.56 Å². The molecule has 0 aliphatic heterocycles. The number of nitrogens with zero attached hydrogens (tertiary/aromatic N) is 2. The first-order valence-electron chi connectivity index (χ1n) is 7.43. The number of aromatic nitrogens is 2. The lowest BCUT2D eigenvalue weighted by atomic mass is 10.0. The van der Waals surface area contributed by atoms with Crippen LogP contribution in [0.1, 0.15) is 44.9 Å². The minimum Gasteiger partial charge on any atom is -0.352 e. The average molecular weight is 284 g/mol. The molecule has 0 saturated carbocycles. The fraction of sp³-hybridized carbons (Fsp3) is 0.412. The van der Waals surface area contributed by atoms with E-state index in [0.29, 0.717) is 17.9 Å². The van der Waals surface area contributed by atoms with Gasteiger partial charge in [-0.05, 0) is 44.4 Å². The molecule has 21 heavy (non-hydrogen) atoms. The Balaban J connectivity index is 2.16. The van der Waals surface area contributed by atoms with Crippen molar-refractivity contribution in [3.8, 4) is 0 Å². The van der Waals surface area contributed by atoms with E-state index in [2.05, 4.69) is 72.6 Å². The third kappa shape index (κ3) is 4.45. The van der Waals surface area contributed by atoms with E-state index in [1.54, 1.807) is 0 Å². The Morgan fingerprint density at radius 2 is 1.62 bits per heavy atom. The Bertz CT molecular complexity index is 588. The topological polar surface area (TPSA) is 49.8 Å². The zero-order valence-corrected chi connectivity index (χ0v) is 13.4. The molecule has 0 radical (unpaired) electrons. The van der Waals surface area contributed by atoms with Crippen LogP contribution in [0.25, 0.3) is 0 Å². The Morgan fingerprint density at radius 3 is 2.19 bits per heavy atom. The van der Waals surface area contributed by atoms with Gasteiger partial charge in [-0.3, -0.25) is 0 Å². The Morgan fingerprint density at radius 1 is 0.952 bits per heavy atom. The van der Waals surface area contributed by atoms with Crippen molar-refractivity contribution in [2.24, 2.45) is 0 Å². The van der Waals surface area contributed by atoms with Gasteiger partial charge in [-0.2, -0.15) is 4.98 Å². The van der Waals surface area contributed by atoms with E-state index < -0.39 is 0 Å². The van der Waals surface area contributed by atoms with Gasteiger partial charge in [0.05, 0.1) is 0 Å². The summed E-state index contributed by atoms with van der Waals surface area (Å²) in [5.74, 6) is 2.01. The molecule has 2 aromatic rings. The number of benzene rings is 1. The van der Waals surface area contributed by atoms with Gasteiger partial charge >= 0.3 is 0 Å². The summed E-state index contributed by atoms with van der Waals surface area (Å²) in [5, 5.41) is 6.57. The first kappa shape index (κ1) is 15.3. The van der Waals surface area contributed by atoms with Gasteiger partial charge in [0.15, 0.2) is 0 Å². The largest absolute Gasteiger partial charge is 0.352 e. The maximum Gasteiger partial charge on any atom is 0.225 e. The van der Waals surface area contributed by atoms with Gasteiger partial charge in [0.25, 0.3) is 0 Å². The van der Waals surface area contributed by atoms with Gasteiger partial charge in [0.2, 0.25) is 5.95 Å². The van der Waals surface area contributed by atoms with E-state index in [0.717, 1.165) is 17.2 Å². The summed E-state index contributed by atoms with van der Waals surface area (Å²) in [5.41, 5.74) is 3.31. The van der Waals surface area contributed by atoms with Crippen LogP contribution < -0.4 is 10.6 Å². The molecule has 0 aliphatic rings. The van der Waals surface area contributed by atoms with E-state index in [-0.39, 0.29) is 0 Å². The fourth-order valence-electron chi connectivity index (χ4n) is 2.05. The molecule has 0 aliphatic carbocycles. The van der Waals surface area contributed by atoms with Crippen LogP contribution in [0.4, 0.5) is 17.5 Å². The molecule has 0 spiro atoms. The van der Waals surface area contributed by atoms with Crippen LogP contribution in [0.15, 0.2) is 30.3 Å². The molecule has 4 nitrogen and oxygen atoms in total. The third-order valence-electron chi connectivity index (χ3n) is 3.12. The number of nitrogens with one attached hydrogen (secondary N) is 2. The average Bonchev–Trinajstić information content (AvgIpc) is 2.37. The highest BCUT2D eigenvalue weighted by atomic mass is 15.1. The normalized spacial score (nSPS) is 11.0. The summed E-state index contributed by atoms with van der Waals surface area (Å²) in [4.78, 5) is 8.88. The third-order valence-corrected chi connectivity index (χ3v) is 3.12. The molecule has 0 fully saturated rings. The molecule has 1 aromatic carbocycles. The van der Waals surface area contributed by atoms with E-state index in [9.17, 15) is 0 Å². The summed E-state index contributed by atoms with van der Waals surface area (Å²) in [6.07, 6.45) is 0. The fourth-order valence-corrected chi connectivity index (χ4v) is 2.05. The second kappa shape index (κ2) is 6.57. The van der Waals surface area contributed by atoms with Crippen molar-refractivity contribution in [3.05, 3.63) is 41.6 Å². The highest BCUT2D eigenvalue weighted by molar-refractivity contribution is 5.58. The van der Waals surface area contributed by atoms with Crippen molar-refractivity contribution in [1.29, 1.82) is 0 Å². The SMILES string of the molecule is Cc1cc(Nc2ccc(C(C)C)cc2)nc(NC(C)C)n1. The van der Waals surface area contributed by atoms with Gasteiger partial charge in [-0.15, -0.1) is 0 Å². The lowest BCUT2D eigenvalue weighted by molar-refractivity contribution is 0.867. The summed E-state index contributed by atoms with van der Waals surface area (Å²) in [6.45, 7) is 10.5. The second-order valence-corrected chi connectivity index (χ2v) is 5.92. The molecule has 2 rings (SSSR count). The van der Waals surface area contributed by atoms with Gasteiger partial charge in [0.1, 0.15) is 5.82 Å². The van der Waals surface area contributed by atoms with Crippen molar-refractivity contribution >= 4 is 17.5 Å². The van der Waals surface area contributed by atoms with Crippen LogP contribution in [0, 0.1) is 6.92 Å². The molecule has 1 aromatic heterocycles. The monoisotopic (exact) mass is 284 g/mol. The highest BCUT2D eigenvalue weighted by Gasteiger charge is 2.04. The molecule has 0 atom stereocenters. The Hall–Kier alpha value is -2.10. The summed E-state index contributed by atoms with van der Waals surface area (Å²) in [7, 11) is 0. The van der Waals surface area contributed by atoms with Gasteiger partial charge < -0.3 is 10.6 Å². The van der Waals surface area contributed by atoms with Crippen molar-refractivity contribution in [2.75, 3.05) is 10.6 Å². The van der Waals surface area contributed by atoms with Crippen LogP contribution >= 0.6 is 0 Å². The zero-order chi connectivity index (χ0) is 15.4. The molecule has 1 heterocycles. The van der Waals surface area contributed by atoms with Gasteiger partial charge in [-0.25, -0.2) is 4.98 Å². The number of hydrogen-bond donors (Lipinski definition) is 2. The van der Waals surface area contributed by atoms with Crippen LogP contribution in [0.5, 0.6) is 0 Å². The van der Waals surface area contributed by atoms with E-state index in [4.69, 9.17) is 0 Å². The minimum atomic E-state index is 0.310. The molecule has 2 N–H and O–H groups in total. The van der Waals surface area contributed by atoms with Crippen molar-refractivity contribution in [2.45, 2.75) is 46.6 Å². The number of anilines is 3. The van der Waals surface area contributed by atoms with E-state index >= 15 is 0 Å². The van der Waals surface area contributed by atoms with Crippen LogP contribution in [-0.2, 0) is 0 Å². The van der Waals surface area contributed by atoms with Crippen molar-refractivity contribution in [3.63, 3.8) is 0 Å². The molecule has 0 saturated heterocycles. The lowest BCUT2D eigenvalue weighted by Gasteiger charge is -2.12. The summed E-state index contributed by atoms with van der Waals surface area (Å²) in [6, 6.07) is 10.7. The molecule has 112 valence electrons. The van der Waals surface area contributed by atoms with Crippen molar-refractivity contribution in [1.82, 2.24) is 9.97 Å². The van der Waals surface area contributed by atoms with Crippen LogP contribution in [0.2, 0.25) is 0 Å². The highest BCUT2D eigenvalue weighted by Crippen LogP contribution is 2.20. The minimum absolute atomic E-state index is 0.310. The molecule has 0 unspecified atom stereocenters. The maximum atomic E-state index is 4.49. The predicted octanol–water partition coefficient (Wildman–Crippen LogP) is 4.47. The summed E-state index contributed by atoms with van der Waals surface area (Å²) >= 11 is 0. The molecule has 0 bridgehead atoms. The smallest absolute Gasteiger partial charge is 0.225 e. The maximum absolute atomic E-state index is 4.49. The predicted molar refractivity (Wildman–Crippen MR) is 89.3 cm³/mol. The van der Waals surface area contributed by atoms with Gasteiger partial charge in [-0.1, -0.05) is 26.0 Å². The first-order valence-corrected chi connectivity index (χ1v) is 7.43.